The summed E-state index contributed by atoms with van der Waals surface area (Å²) in [5.74, 6) is 0. The highest BCUT2D eigenvalue weighted by atomic mass is 35.5. The minimum absolute atomic E-state index is 0.219. The van der Waals surface area contributed by atoms with Gasteiger partial charge in [-0.05, 0) is 18.2 Å². The van der Waals surface area contributed by atoms with Crippen LogP contribution in [0.1, 0.15) is 0 Å². The number of hydrogen-bond acceptors (Lipinski definition) is 2. The summed E-state index contributed by atoms with van der Waals surface area (Å²) >= 11 is 17.9. The van der Waals surface area contributed by atoms with E-state index < -0.39 is 0 Å². The van der Waals surface area contributed by atoms with Crippen LogP contribution in [0.25, 0.3) is 22.3 Å². The van der Waals surface area contributed by atoms with Gasteiger partial charge >= 0.3 is 0 Å². The summed E-state index contributed by atoms with van der Waals surface area (Å²) in [5.41, 5.74) is 2.08. The maximum absolute atomic E-state index is 6.14. The fourth-order valence-electron chi connectivity index (χ4n) is 1.82. The van der Waals surface area contributed by atoms with Gasteiger partial charge in [-0.2, -0.15) is 0 Å². The summed E-state index contributed by atoms with van der Waals surface area (Å²) in [6.07, 6.45) is 0. The van der Waals surface area contributed by atoms with E-state index in [0.717, 1.165) is 10.9 Å². The molecule has 2 heterocycles. The maximum Gasteiger partial charge on any atom is 0.148 e. The molecule has 2 nitrogen and oxygen atoms in total. The molecule has 5 heteroatoms. The van der Waals surface area contributed by atoms with Gasteiger partial charge in [0.05, 0.1) is 21.3 Å². The molecule has 0 radical (unpaired) electrons. The first-order chi connectivity index (χ1) is 9.15. The topological polar surface area (TPSA) is 25.8 Å². The second-order valence-electron chi connectivity index (χ2n) is 3.98. The molecule has 0 spiro atoms. The van der Waals surface area contributed by atoms with Crippen LogP contribution in [0.3, 0.4) is 0 Å². The second kappa shape index (κ2) is 4.97. The smallest absolute Gasteiger partial charge is 0.148 e. The Bertz CT molecular complexity index is 772. The molecule has 2 aromatic heterocycles. The first-order valence-electron chi connectivity index (χ1n) is 5.53. The fraction of sp³-hybridized carbons (Fsp3) is 0. The van der Waals surface area contributed by atoms with Gasteiger partial charge in [-0.3, -0.25) is 0 Å². The van der Waals surface area contributed by atoms with Crippen LogP contribution >= 0.6 is 34.8 Å². The minimum atomic E-state index is 0.219. The number of rotatable bonds is 1. The minimum Gasteiger partial charge on any atom is -0.246 e. The molecule has 0 fully saturated rings. The van der Waals surface area contributed by atoms with Crippen molar-refractivity contribution >= 4 is 45.7 Å². The van der Waals surface area contributed by atoms with Crippen molar-refractivity contribution < 1.29 is 0 Å². The standard InChI is InChI=1S/C14H7Cl3N2/c15-9-7-10(16)14(17)19-13(9)12-6-5-8-3-1-2-4-11(8)18-12/h1-7H. The lowest BCUT2D eigenvalue weighted by Gasteiger charge is -2.06. The van der Waals surface area contributed by atoms with Crippen molar-refractivity contribution in [3.63, 3.8) is 0 Å². The summed E-state index contributed by atoms with van der Waals surface area (Å²) in [6.45, 7) is 0. The van der Waals surface area contributed by atoms with E-state index in [2.05, 4.69) is 9.97 Å². The summed E-state index contributed by atoms with van der Waals surface area (Å²) in [4.78, 5) is 8.72. The average molecular weight is 310 g/mol. The molecule has 0 atom stereocenters. The highest BCUT2D eigenvalue weighted by molar-refractivity contribution is 6.42. The van der Waals surface area contributed by atoms with Crippen molar-refractivity contribution in [1.29, 1.82) is 0 Å². The van der Waals surface area contributed by atoms with Crippen molar-refractivity contribution in [3.05, 3.63) is 57.7 Å². The van der Waals surface area contributed by atoms with E-state index in [0.29, 0.717) is 21.4 Å². The van der Waals surface area contributed by atoms with Crippen molar-refractivity contribution in [2.75, 3.05) is 0 Å². The van der Waals surface area contributed by atoms with Crippen molar-refractivity contribution in [2.24, 2.45) is 0 Å². The monoisotopic (exact) mass is 308 g/mol. The molecule has 0 aliphatic heterocycles. The fourth-order valence-corrected chi connectivity index (χ4v) is 2.42. The summed E-state index contributed by atoms with van der Waals surface area (Å²) in [6, 6.07) is 13.2. The zero-order chi connectivity index (χ0) is 13.4. The summed E-state index contributed by atoms with van der Waals surface area (Å²) < 4.78 is 0. The third-order valence-corrected chi connectivity index (χ3v) is 3.69. The molecule has 0 unspecified atom stereocenters. The van der Waals surface area contributed by atoms with Crippen LogP contribution in [0.4, 0.5) is 0 Å². The van der Waals surface area contributed by atoms with Crippen molar-refractivity contribution in [3.8, 4) is 11.4 Å². The molecule has 3 rings (SSSR count). The number of pyridine rings is 2. The number of para-hydroxylation sites is 1. The molecule has 0 saturated heterocycles. The Kier molecular flexibility index (Phi) is 3.31. The first kappa shape index (κ1) is 12.7. The normalized spacial score (nSPS) is 10.9. The van der Waals surface area contributed by atoms with Gasteiger partial charge in [0.2, 0.25) is 0 Å². The average Bonchev–Trinajstić information content (AvgIpc) is 2.42. The predicted molar refractivity (Wildman–Crippen MR) is 80.0 cm³/mol. The van der Waals surface area contributed by atoms with Gasteiger partial charge in [0.1, 0.15) is 10.8 Å². The summed E-state index contributed by atoms with van der Waals surface area (Å²) in [5, 5.41) is 2.03. The Morgan fingerprint density at radius 1 is 0.789 bits per heavy atom. The quantitative estimate of drug-likeness (QED) is 0.573. The number of fused-ring (bicyclic) bond motifs is 1. The maximum atomic E-state index is 6.14. The third kappa shape index (κ3) is 2.39. The largest absolute Gasteiger partial charge is 0.246 e. The Balaban J connectivity index is 2.21. The Hall–Kier alpha value is -1.35. The van der Waals surface area contributed by atoms with Gasteiger partial charge < -0.3 is 0 Å². The van der Waals surface area contributed by atoms with Gasteiger partial charge in [-0.15, -0.1) is 0 Å². The van der Waals surface area contributed by atoms with Crippen molar-refractivity contribution in [1.82, 2.24) is 9.97 Å². The third-order valence-electron chi connectivity index (χ3n) is 2.73. The van der Waals surface area contributed by atoms with Crippen LogP contribution in [0.15, 0.2) is 42.5 Å². The van der Waals surface area contributed by atoms with Crippen LogP contribution in [-0.2, 0) is 0 Å². The number of halogens is 3. The highest BCUT2D eigenvalue weighted by Gasteiger charge is 2.11. The zero-order valence-electron chi connectivity index (χ0n) is 9.57. The van der Waals surface area contributed by atoms with E-state index in [-0.39, 0.29) is 5.15 Å². The Morgan fingerprint density at radius 2 is 1.58 bits per heavy atom. The van der Waals surface area contributed by atoms with Gasteiger partial charge in [0.15, 0.2) is 0 Å². The molecule has 0 N–H and O–H groups in total. The van der Waals surface area contributed by atoms with E-state index in [4.69, 9.17) is 34.8 Å². The van der Waals surface area contributed by atoms with Crippen LogP contribution in [0, 0.1) is 0 Å². The Morgan fingerprint density at radius 3 is 2.42 bits per heavy atom. The van der Waals surface area contributed by atoms with Crippen LogP contribution in [-0.4, -0.2) is 9.97 Å². The molecule has 0 aliphatic rings. The van der Waals surface area contributed by atoms with Gasteiger partial charge in [0.25, 0.3) is 0 Å². The first-order valence-corrected chi connectivity index (χ1v) is 6.66. The molecule has 0 bridgehead atoms. The van der Waals surface area contributed by atoms with E-state index in [9.17, 15) is 0 Å². The highest BCUT2D eigenvalue weighted by Crippen LogP contribution is 2.31. The van der Waals surface area contributed by atoms with E-state index in [1.807, 2.05) is 36.4 Å². The number of benzene rings is 1. The molecule has 0 amide bonds. The zero-order valence-corrected chi connectivity index (χ0v) is 11.8. The van der Waals surface area contributed by atoms with Crippen molar-refractivity contribution in [2.45, 2.75) is 0 Å². The molecule has 3 aromatic rings. The second-order valence-corrected chi connectivity index (χ2v) is 5.15. The van der Waals surface area contributed by atoms with E-state index in [1.54, 1.807) is 6.07 Å². The lowest BCUT2D eigenvalue weighted by Crippen LogP contribution is -1.91. The van der Waals surface area contributed by atoms with Crippen LogP contribution in [0.2, 0.25) is 15.2 Å². The Labute approximate surface area is 125 Å². The molecule has 94 valence electrons. The van der Waals surface area contributed by atoms with E-state index in [1.165, 1.54) is 0 Å². The van der Waals surface area contributed by atoms with Crippen LogP contribution < -0.4 is 0 Å². The van der Waals surface area contributed by atoms with Gasteiger partial charge in [-0.1, -0.05) is 59.1 Å². The molecule has 0 aliphatic carbocycles. The molecular formula is C14H7Cl3N2. The number of nitrogens with zero attached hydrogens (tertiary/aromatic N) is 2. The number of aromatic nitrogens is 2. The summed E-state index contributed by atoms with van der Waals surface area (Å²) in [7, 11) is 0. The molecule has 19 heavy (non-hydrogen) atoms. The van der Waals surface area contributed by atoms with E-state index >= 15 is 0 Å². The van der Waals surface area contributed by atoms with Gasteiger partial charge in [-0.25, -0.2) is 9.97 Å². The van der Waals surface area contributed by atoms with Crippen LogP contribution in [0.5, 0.6) is 0 Å². The number of hydrogen-bond donors (Lipinski definition) is 0. The predicted octanol–water partition coefficient (Wildman–Crippen LogP) is 5.26. The lowest BCUT2D eigenvalue weighted by atomic mass is 10.1. The SMILES string of the molecule is Clc1cc(Cl)c(-c2ccc3ccccc3n2)nc1Cl. The molecular weight excluding hydrogens is 303 g/mol. The lowest BCUT2D eigenvalue weighted by molar-refractivity contribution is 1.28. The van der Waals surface area contributed by atoms with Gasteiger partial charge in [0, 0.05) is 5.39 Å². The molecule has 1 aromatic carbocycles. The molecule has 0 saturated carbocycles.